The van der Waals surface area contributed by atoms with Crippen molar-refractivity contribution in [3.63, 3.8) is 0 Å². The number of aliphatic hydroxyl groups excluding tert-OH is 1. The Kier molecular flexibility index (Phi) is 7.62. The highest BCUT2D eigenvalue weighted by Gasteiger charge is 2.39. The van der Waals surface area contributed by atoms with Crippen LogP contribution in [-0.4, -0.2) is 66.1 Å². The number of amides is 2. The number of likely N-dealkylation sites (tertiary alicyclic amines) is 2. The van der Waals surface area contributed by atoms with Crippen molar-refractivity contribution >= 4 is 29.4 Å². The van der Waals surface area contributed by atoms with Crippen molar-refractivity contribution in [3.8, 4) is 5.75 Å². The third-order valence-corrected chi connectivity index (χ3v) is 8.35. The van der Waals surface area contributed by atoms with E-state index in [9.17, 15) is 23.1 Å². The van der Waals surface area contributed by atoms with Gasteiger partial charge in [-0.2, -0.15) is 0 Å². The minimum atomic E-state index is -4.85. The first-order chi connectivity index (χ1) is 18.1. The summed E-state index contributed by atoms with van der Waals surface area (Å²) < 4.78 is 41.1. The number of carbonyl (C=O) groups excluding carboxylic acids is 1. The Morgan fingerprint density at radius 3 is 2.53 bits per heavy atom. The third-order valence-electron chi connectivity index (χ3n) is 8.05. The van der Waals surface area contributed by atoms with Crippen LogP contribution in [0.5, 0.6) is 5.75 Å². The first kappa shape index (κ1) is 26.8. The Morgan fingerprint density at radius 2 is 1.84 bits per heavy atom. The van der Waals surface area contributed by atoms with Crippen LogP contribution >= 0.6 is 11.6 Å². The summed E-state index contributed by atoms with van der Waals surface area (Å²) >= 11 is 5.87. The fourth-order valence-electron chi connectivity index (χ4n) is 5.89. The number of fused-ring (bicyclic) bond motifs is 2. The lowest BCUT2D eigenvalue weighted by atomic mass is 9.74. The molecule has 0 aromatic heterocycles. The van der Waals surface area contributed by atoms with Crippen molar-refractivity contribution in [2.75, 3.05) is 38.0 Å². The molecule has 1 spiro atoms. The number of carbonyl (C=O) groups is 1. The minimum Gasteiger partial charge on any atom is -0.404 e. The van der Waals surface area contributed by atoms with E-state index < -0.39 is 18.2 Å². The van der Waals surface area contributed by atoms with Crippen LogP contribution in [0.4, 0.5) is 23.7 Å². The van der Waals surface area contributed by atoms with Crippen molar-refractivity contribution in [2.24, 2.45) is 5.92 Å². The summed E-state index contributed by atoms with van der Waals surface area (Å²) in [5.41, 5.74) is 3.12. The standard InChI is InChI=1S/C28H31ClF3N3O3/c29-23-17-21(5-6-25(23)38-28(30,31)32)33-26(37)35-13-8-20(9-14-35)24(36)18-34-15-11-27(12-16-34)10-7-19-3-1-2-4-22(19)27/h1-7,10,17,20,24,36H,8-9,11-16,18H2,(H,33,37). The Bertz CT molecular complexity index is 1190. The predicted molar refractivity (Wildman–Crippen MR) is 140 cm³/mol. The maximum Gasteiger partial charge on any atom is 0.573 e. The second-order valence-corrected chi connectivity index (χ2v) is 10.8. The summed E-state index contributed by atoms with van der Waals surface area (Å²) in [7, 11) is 0. The lowest BCUT2D eigenvalue weighted by Gasteiger charge is -2.41. The second-order valence-electron chi connectivity index (χ2n) is 10.4. The van der Waals surface area contributed by atoms with Gasteiger partial charge in [0.1, 0.15) is 5.75 Å². The number of rotatable bonds is 5. The van der Waals surface area contributed by atoms with E-state index in [-0.39, 0.29) is 28.1 Å². The number of piperidine rings is 2. The van der Waals surface area contributed by atoms with E-state index in [1.54, 1.807) is 4.90 Å². The van der Waals surface area contributed by atoms with Crippen LogP contribution in [0.1, 0.15) is 36.8 Å². The van der Waals surface area contributed by atoms with Crippen LogP contribution in [0.2, 0.25) is 5.02 Å². The van der Waals surface area contributed by atoms with Gasteiger partial charge in [-0.05, 0) is 74.0 Å². The Balaban J connectivity index is 1.07. The Morgan fingerprint density at radius 1 is 1.13 bits per heavy atom. The monoisotopic (exact) mass is 549 g/mol. The van der Waals surface area contributed by atoms with E-state index >= 15 is 0 Å². The molecule has 1 aliphatic carbocycles. The zero-order valence-corrected chi connectivity index (χ0v) is 21.6. The molecule has 1 unspecified atom stereocenters. The molecular formula is C28H31ClF3N3O3. The minimum absolute atomic E-state index is 0.107. The van der Waals surface area contributed by atoms with Crippen LogP contribution < -0.4 is 10.1 Å². The number of allylic oxidation sites excluding steroid dienone is 1. The molecule has 2 aromatic rings. The van der Waals surface area contributed by atoms with Gasteiger partial charge >= 0.3 is 12.4 Å². The number of β-amino-alcohol motifs (C(OH)–C–C–N with tert-alkyl or cyclic N) is 1. The molecule has 2 amide bonds. The van der Waals surface area contributed by atoms with Gasteiger partial charge in [0.05, 0.1) is 11.1 Å². The van der Waals surface area contributed by atoms with E-state index in [1.165, 1.54) is 23.3 Å². The number of aliphatic hydroxyl groups is 1. The smallest absolute Gasteiger partial charge is 0.404 e. The maximum atomic E-state index is 12.7. The largest absolute Gasteiger partial charge is 0.573 e. The predicted octanol–water partition coefficient (Wildman–Crippen LogP) is 5.90. The number of hydrogen-bond acceptors (Lipinski definition) is 4. The molecule has 2 saturated heterocycles. The average molecular weight is 550 g/mol. The number of halogens is 4. The number of hydrogen-bond donors (Lipinski definition) is 2. The molecule has 2 N–H and O–H groups in total. The number of ether oxygens (including phenoxy) is 1. The summed E-state index contributed by atoms with van der Waals surface area (Å²) in [6.45, 7) is 3.48. The van der Waals surface area contributed by atoms with Crippen LogP contribution in [0, 0.1) is 5.92 Å². The SMILES string of the molecule is O=C(Nc1ccc(OC(F)(F)F)c(Cl)c1)N1CCC(C(O)CN2CCC3(C=Cc4ccccc43)CC2)CC1. The molecule has 2 fully saturated rings. The molecule has 10 heteroatoms. The Hall–Kier alpha value is -2.75. The zero-order chi connectivity index (χ0) is 26.9. The quantitative estimate of drug-likeness (QED) is 0.487. The second kappa shape index (κ2) is 10.8. The van der Waals surface area contributed by atoms with E-state index in [0.717, 1.165) is 32.0 Å². The summed E-state index contributed by atoms with van der Waals surface area (Å²) in [6, 6.07) is 11.8. The number of alkyl halides is 3. The van der Waals surface area contributed by atoms with Gasteiger partial charge in [0.25, 0.3) is 0 Å². The van der Waals surface area contributed by atoms with E-state index in [4.69, 9.17) is 11.6 Å². The topological polar surface area (TPSA) is 65.0 Å². The number of nitrogens with zero attached hydrogens (tertiary/aromatic N) is 2. The molecule has 2 aliphatic heterocycles. The van der Waals surface area contributed by atoms with Crippen LogP contribution in [0.15, 0.2) is 48.5 Å². The Labute approximate surface area is 225 Å². The highest BCUT2D eigenvalue weighted by Crippen LogP contribution is 2.43. The number of benzene rings is 2. The lowest BCUT2D eigenvalue weighted by molar-refractivity contribution is -0.274. The molecule has 38 heavy (non-hydrogen) atoms. The molecule has 2 aromatic carbocycles. The normalized spacial score (nSPS) is 20.4. The van der Waals surface area contributed by atoms with E-state index in [1.807, 2.05) is 0 Å². The third kappa shape index (κ3) is 5.95. The molecule has 204 valence electrons. The highest BCUT2D eigenvalue weighted by molar-refractivity contribution is 6.32. The maximum absolute atomic E-state index is 12.7. The first-order valence-corrected chi connectivity index (χ1v) is 13.3. The molecule has 5 rings (SSSR count). The van der Waals surface area contributed by atoms with Crippen molar-refractivity contribution < 1.29 is 27.8 Å². The zero-order valence-electron chi connectivity index (χ0n) is 20.9. The average Bonchev–Trinajstić information content (AvgIpc) is 3.24. The summed E-state index contributed by atoms with van der Waals surface area (Å²) in [6.07, 6.45) is 2.72. The molecule has 0 bridgehead atoms. The van der Waals surface area contributed by atoms with Gasteiger partial charge in [-0.3, -0.25) is 0 Å². The first-order valence-electron chi connectivity index (χ1n) is 12.9. The number of urea groups is 1. The van der Waals surface area contributed by atoms with Crippen molar-refractivity contribution in [1.82, 2.24) is 9.80 Å². The summed E-state index contributed by atoms with van der Waals surface area (Å²) in [5, 5.41) is 13.4. The lowest BCUT2D eigenvalue weighted by Crippen LogP contribution is -2.48. The van der Waals surface area contributed by atoms with Gasteiger partial charge in [-0.15, -0.1) is 13.2 Å². The van der Waals surface area contributed by atoms with Gasteiger partial charge in [-0.1, -0.05) is 48.0 Å². The fraction of sp³-hybridized carbons (Fsp3) is 0.464. The van der Waals surface area contributed by atoms with Crippen molar-refractivity contribution in [1.29, 1.82) is 0 Å². The molecule has 2 heterocycles. The molecule has 0 saturated carbocycles. The van der Waals surface area contributed by atoms with Crippen LogP contribution in [0.3, 0.4) is 0 Å². The fourth-order valence-corrected chi connectivity index (χ4v) is 6.11. The number of anilines is 1. The van der Waals surface area contributed by atoms with Crippen LogP contribution in [-0.2, 0) is 5.41 Å². The molecule has 3 aliphatic rings. The van der Waals surface area contributed by atoms with Gasteiger partial charge in [0.2, 0.25) is 0 Å². The van der Waals surface area contributed by atoms with Crippen LogP contribution in [0.25, 0.3) is 6.08 Å². The molecule has 0 radical (unpaired) electrons. The molecule has 6 nitrogen and oxygen atoms in total. The van der Waals surface area contributed by atoms with Gasteiger partial charge in [0.15, 0.2) is 0 Å². The summed E-state index contributed by atoms with van der Waals surface area (Å²) in [4.78, 5) is 16.7. The van der Waals surface area contributed by atoms with Gasteiger partial charge < -0.3 is 25.0 Å². The highest BCUT2D eigenvalue weighted by atomic mass is 35.5. The summed E-state index contributed by atoms with van der Waals surface area (Å²) in [5.74, 6) is -0.421. The van der Waals surface area contributed by atoms with Gasteiger partial charge in [-0.25, -0.2) is 4.79 Å². The van der Waals surface area contributed by atoms with Gasteiger partial charge in [0, 0.05) is 30.7 Å². The van der Waals surface area contributed by atoms with Crippen molar-refractivity contribution in [2.45, 2.75) is 43.6 Å². The molecule has 1 atom stereocenters. The van der Waals surface area contributed by atoms with E-state index in [0.29, 0.717) is 32.5 Å². The van der Waals surface area contributed by atoms with Crippen molar-refractivity contribution in [3.05, 3.63) is 64.7 Å². The molecular weight excluding hydrogens is 519 g/mol. The van der Waals surface area contributed by atoms with E-state index in [2.05, 4.69) is 51.4 Å². The number of nitrogens with one attached hydrogen (secondary N) is 1.